The number of aromatic nitrogens is 1. The van der Waals surface area contributed by atoms with Gasteiger partial charge in [-0.2, -0.15) is 0 Å². The highest BCUT2D eigenvalue weighted by atomic mass is 35.5. The fraction of sp³-hybridized carbons (Fsp3) is 0.0526. The van der Waals surface area contributed by atoms with Gasteiger partial charge in [0.25, 0.3) is 0 Å². The fourth-order valence-corrected chi connectivity index (χ4v) is 2.43. The number of halogens is 1. The molecule has 1 aromatic heterocycles. The number of esters is 1. The van der Waals surface area contributed by atoms with Gasteiger partial charge in [0.1, 0.15) is 10.9 Å². The lowest BCUT2D eigenvalue weighted by Gasteiger charge is -2.08. The van der Waals surface area contributed by atoms with E-state index in [0.29, 0.717) is 11.6 Å². The van der Waals surface area contributed by atoms with Gasteiger partial charge >= 0.3 is 5.97 Å². The molecule has 5 heteroatoms. The van der Waals surface area contributed by atoms with Crippen molar-refractivity contribution in [2.45, 2.75) is 0 Å². The minimum atomic E-state index is -0.536. The van der Waals surface area contributed by atoms with Gasteiger partial charge in [0.05, 0.1) is 12.7 Å². The van der Waals surface area contributed by atoms with Crippen LogP contribution in [0.1, 0.15) is 10.4 Å². The minimum Gasteiger partial charge on any atom is -0.465 e. The molecule has 24 heavy (non-hydrogen) atoms. The van der Waals surface area contributed by atoms with E-state index in [1.807, 2.05) is 54.6 Å². The third kappa shape index (κ3) is 3.55. The van der Waals surface area contributed by atoms with Gasteiger partial charge in [-0.1, -0.05) is 54.1 Å². The highest BCUT2D eigenvalue weighted by Crippen LogP contribution is 2.26. The standard InChI is InChI=1S/C19H14ClNO3/c1-23-19(22)16-11-12-17(21-18(16)20)24-15-9-7-14(8-10-15)13-5-3-2-4-6-13/h2-12H,1H3. The Morgan fingerprint density at radius 2 is 1.58 bits per heavy atom. The summed E-state index contributed by atoms with van der Waals surface area (Å²) in [5.74, 6) is 0.399. The predicted molar refractivity (Wildman–Crippen MR) is 92.5 cm³/mol. The average Bonchev–Trinajstić information content (AvgIpc) is 2.63. The molecular formula is C19H14ClNO3. The summed E-state index contributed by atoms with van der Waals surface area (Å²) in [4.78, 5) is 15.5. The molecule has 0 saturated heterocycles. The second kappa shape index (κ2) is 7.15. The van der Waals surface area contributed by atoms with E-state index in [0.717, 1.165) is 11.1 Å². The summed E-state index contributed by atoms with van der Waals surface area (Å²) in [5.41, 5.74) is 2.42. The number of hydrogen-bond donors (Lipinski definition) is 0. The van der Waals surface area contributed by atoms with Crippen LogP contribution in [0.5, 0.6) is 11.6 Å². The van der Waals surface area contributed by atoms with Crippen LogP contribution in [0.3, 0.4) is 0 Å². The number of hydrogen-bond acceptors (Lipinski definition) is 4. The molecule has 2 aromatic carbocycles. The number of nitrogens with zero attached hydrogens (tertiary/aromatic N) is 1. The summed E-state index contributed by atoms with van der Waals surface area (Å²) in [6.45, 7) is 0. The molecule has 3 rings (SSSR count). The van der Waals surface area contributed by atoms with Crippen molar-refractivity contribution in [2.24, 2.45) is 0 Å². The fourth-order valence-electron chi connectivity index (χ4n) is 2.20. The summed E-state index contributed by atoms with van der Waals surface area (Å²) in [7, 11) is 1.29. The molecule has 0 aliphatic heterocycles. The van der Waals surface area contributed by atoms with Gasteiger partial charge < -0.3 is 9.47 Å². The maximum atomic E-state index is 11.5. The predicted octanol–water partition coefficient (Wildman–Crippen LogP) is 4.98. The Morgan fingerprint density at radius 1 is 0.917 bits per heavy atom. The number of benzene rings is 2. The van der Waals surface area contributed by atoms with Gasteiger partial charge in [-0.25, -0.2) is 9.78 Å². The van der Waals surface area contributed by atoms with Crippen LogP contribution in [-0.2, 0) is 4.74 Å². The van der Waals surface area contributed by atoms with E-state index in [9.17, 15) is 4.79 Å². The Labute approximate surface area is 144 Å². The van der Waals surface area contributed by atoms with Crippen LogP contribution in [0.15, 0.2) is 66.7 Å². The van der Waals surface area contributed by atoms with Gasteiger partial charge in [0.15, 0.2) is 0 Å². The number of pyridine rings is 1. The van der Waals surface area contributed by atoms with Crippen molar-refractivity contribution in [3.63, 3.8) is 0 Å². The normalized spacial score (nSPS) is 10.2. The van der Waals surface area contributed by atoms with E-state index in [2.05, 4.69) is 9.72 Å². The molecule has 0 fully saturated rings. The molecule has 0 saturated carbocycles. The first-order valence-corrected chi connectivity index (χ1v) is 7.63. The van der Waals surface area contributed by atoms with E-state index >= 15 is 0 Å². The Balaban J connectivity index is 1.77. The van der Waals surface area contributed by atoms with E-state index < -0.39 is 5.97 Å². The number of carbonyl (C=O) groups is 1. The van der Waals surface area contributed by atoms with Crippen molar-refractivity contribution in [1.29, 1.82) is 0 Å². The molecule has 3 aromatic rings. The van der Waals surface area contributed by atoms with Crippen LogP contribution >= 0.6 is 11.6 Å². The van der Waals surface area contributed by atoms with Gasteiger partial charge in [0, 0.05) is 6.07 Å². The molecule has 1 heterocycles. The molecule has 0 unspecified atom stereocenters. The molecule has 0 atom stereocenters. The Kier molecular flexibility index (Phi) is 4.77. The lowest BCUT2D eigenvalue weighted by molar-refractivity contribution is 0.0600. The highest BCUT2D eigenvalue weighted by Gasteiger charge is 2.13. The quantitative estimate of drug-likeness (QED) is 0.497. The minimum absolute atomic E-state index is 0.0419. The van der Waals surface area contributed by atoms with E-state index in [4.69, 9.17) is 16.3 Å². The lowest BCUT2D eigenvalue weighted by atomic mass is 10.1. The van der Waals surface area contributed by atoms with Gasteiger partial charge in [-0.05, 0) is 29.3 Å². The zero-order valence-corrected chi connectivity index (χ0v) is 13.7. The SMILES string of the molecule is COC(=O)c1ccc(Oc2ccc(-c3ccccc3)cc2)nc1Cl. The second-order valence-electron chi connectivity index (χ2n) is 4.97. The molecule has 0 N–H and O–H groups in total. The van der Waals surface area contributed by atoms with E-state index in [1.165, 1.54) is 13.2 Å². The van der Waals surface area contributed by atoms with Crippen LogP contribution in [0.25, 0.3) is 11.1 Å². The largest absolute Gasteiger partial charge is 0.465 e. The summed E-state index contributed by atoms with van der Waals surface area (Å²) < 4.78 is 10.3. The van der Waals surface area contributed by atoms with Crippen LogP contribution in [-0.4, -0.2) is 18.1 Å². The van der Waals surface area contributed by atoms with E-state index in [1.54, 1.807) is 6.07 Å². The third-order valence-electron chi connectivity index (χ3n) is 3.41. The third-order valence-corrected chi connectivity index (χ3v) is 3.70. The molecule has 0 spiro atoms. The first kappa shape index (κ1) is 16.0. The van der Waals surface area contributed by atoms with Gasteiger partial charge in [-0.3, -0.25) is 0 Å². The number of ether oxygens (including phenoxy) is 2. The molecule has 0 amide bonds. The average molecular weight is 340 g/mol. The van der Waals surface area contributed by atoms with Crippen LogP contribution in [0, 0.1) is 0 Å². The monoisotopic (exact) mass is 339 g/mol. The molecule has 4 nitrogen and oxygen atoms in total. The molecule has 0 bridgehead atoms. The number of methoxy groups -OCH3 is 1. The molecule has 0 radical (unpaired) electrons. The Morgan fingerprint density at radius 3 is 2.21 bits per heavy atom. The summed E-state index contributed by atoms with van der Waals surface area (Å²) in [5, 5.41) is 0.0419. The second-order valence-corrected chi connectivity index (χ2v) is 5.33. The van der Waals surface area contributed by atoms with Crippen LogP contribution in [0.2, 0.25) is 5.15 Å². The summed E-state index contributed by atoms with van der Waals surface area (Å²) in [6.07, 6.45) is 0. The van der Waals surface area contributed by atoms with Crippen molar-refractivity contribution in [2.75, 3.05) is 7.11 Å². The maximum absolute atomic E-state index is 11.5. The zero-order valence-electron chi connectivity index (χ0n) is 12.9. The van der Waals surface area contributed by atoms with Crippen molar-refractivity contribution >= 4 is 17.6 Å². The molecule has 0 aliphatic rings. The zero-order chi connectivity index (χ0) is 16.9. The lowest BCUT2D eigenvalue weighted by Crippen LogP contribution is -2.03. The van der Waals surface area contributed by atoms with Crippen molar-refractivity contribution in [3.05, 3.63) is 77.4 Å². The van der Waals surface area contributed by atoms with Crippen LogP contribution in [0.4, 0.5) is 0 Å². The molecular weight excluding hydrogens is 326 g/mol. The summed E-state index contributed by atoms with van der Waals surface area (Å²) >= 11 is 5.98. The molecule has 120 valence electrons. The van der Waals surface area contributed by atoms with Gasteiger partial charge in [0.2, 0.25) is 5.88 Å². The van der Waals surface area contributed by atoms with Crippen LogP contribution < -0.4 is 4.74 Å². The van der Waals surface area contributed by atoms with Crippen molar-refractivity contribution in [1.82, 2.24) is 4.98 Å². The smallest absolute Gasteiger partial charge is 0.341 e. The molecule has 0 aliphatic carbocycles. The first-order chi connectivity index (χ1) is 11.7. The first-order valence-electron chi connectivity index (χ1n) is 7.25. The highest BCUT2D eigenvalue weighted by molar-refractivity contribution is 6.32. The number of carbonyl (C=O) groups excluding carboxylic acids is 1. The van der Waals surface area contributed by atoms with Crippen molar-refractivity contribution in [3.8, 4) is 22.8 Å². The maximum Gasteiger partial charge on any atom is 0.341 e. The Bertz CT molecular complexity index is 848. The van der Waals surface area contributed by atoms with Crippen molar-refractivity contribution < 1.29 is 14.3 Å². The summed E-state index contributed by atoms with van der Waals surface area (Å²) in [6, 6.07) is 20.8. The van der Waals surface area contributed by atoms with E-state index in [-0.39, 0.29) is 10.7 Å². The topological polar surface area (TPSA) is 48.4 Å². The van der Waals surface area contributed by atoms with Gasteiger partial charge in [-0.15, -0.1) is 0 Å². The Hall–Kier alpha value is -2.85. The number of rotatable bonds is 4.